The Labute approximate surface area is 155 Å². The fraction of sp³-hybridized carbons (Fsp3) is 0.111. The molecule has 1 aromatic heterocycles. The third-order valence-electron chi connectivity index (χ3n) is 3.01. The van der Waals surface area contributed by atoms with Crippen LogP contribution in [0.15, 0.2) is 54.4 Å². The first-order chi connectivity index (χ1) is 12.5. The molecule has 0 saturated heterocycles. The zero-order valence-electron chi connectivity index (χ0n) is 13.9. The van der Waals surface area contributed by atoms with Gasteiger partial charge in [0.1, 0.15) is 5.70 Å². The lowest BCUT2D eigenvalue weighted by molar-refractivity contribution is -0.144. The summed E-state index contributed by atoms with van der Waals surface area (Å²) in [6, 6.07) is 12.1. The highest BCUT2D eigenvalue weighted by atomic mass is 35.5. The smallest absolute Gasteiger partial charge is 0.355 e. The van der Waals surface area contributed by atoms with Crippen molar-refractivity contribution in [2.24, 2.45) is 0 Å². The van der Waals surface area contributed by atoms with E-state index in [0.717, 1.165) is 0 Å². The van der Waals surface area contributed by atoms with E-state index in [1.165, 1.54) is 19.2 Å². The van der Waals surface area contributed by atoms with Crippen LogP contribution in [0.3, 0.4) is 0 Å². The summed E-state index contributed by atoms with van der Waals surface area (Å²) in [4.78, 5) is 39.2. The summed E-state index contributed by atoms with van der Waals surface area (Å²) in [5.74, 6) is -1.86. The number of anilines is 1. The first-order valence-corrected chi connectivity index (χ1v) is 7.95. The standard InChI is InChI=1S/C18H16ClN3O4/c1-12(23)21-15(10-13-6-3-2-4-7-13)18(25)26-11-16(24)22-14-8-5-9-20-17(14)19/h2-10H,11H2,1H3,(H,21,23)(H,22,24)/b15-10+. The van der Waals surface area contributed by atoms with Crippen LogP contribution in [0.1, 0.15) is 12.5 Å². The molecule has 0 aliphatic rings. The predicted molar refractivity (Wildman–Crippen MR) is 97.1 cm³/mol. The minimum atomic E-state index is -0.837. The van der Waals surface area contributed by atoms with Gasteiger partial charge >= 0.3 is 5.97 Å². The van der Waals surface area contributed by atoms with Gasteiger partial charge in [0.05, 0.1) is 5.69 Å². The summed E-state index contributed by atoms with van der Waals surface area (Å²) in [5.41, 5.74) is 0.924. The van der Waals surface area contributed by atoms with Crippen LogP contribution < -0.4 is 10.6 Å². The number of hydrogen-bond acceptors (Lipinski definition) is 5. The number of nitrogens with one attached hydrogen (secondary N) is 2. The maximum atomic E-state index is 12.2. The fourth-order valence-corrected chi connectivity index (χ4v) is 2.09. The van der Waals surface area contributed by atoms with Crippen LogP contribution in [0.5, 0.6) is 0 Å². The average molecular weight is 374 g/mol. The highest BCUT2D eigenvalue weighted by Crippen LogP contribution is 2.17. The van der Waals surface area contributed by atoms with Crippen LogP contribution in [0.25, 0.3) is 6.08 Å². The predicted octanol–water partition coefficient (Wildman–Crippen LogP) is 2.39. The molecule has 0 unspecified atom stereocenters. The molecular formula is C18H16ClN3O4. The molecule has 7 nitrogen and oxygen atoms in total. The summed E-state index contributed by atoms with van der Waals surface area (Å²) in [6.45, 7) is 0.721. The monoisotopic (exact) mass is 373 g/mol. The third kappa shape index (κ3) is 6.03. The van der Waals surface area contributed by atoms with Gasteiger partial charge in [-0.2, -0.15) is 0 Å². The number of esters is 1. The Hall–Kier alpha value is -3.19. The topological polar surface area (TPSA) is 97.4 Å². The number of carbonyl (C=O) groups is 3. The van der Waals surface area contributed by atoms with E-state index < -0.39 is 24.4 Å². The second-order valence-corrected chi connectivity index (χ2v) is 5.47. The largest absolute Gasteiger partial charge is 0.451 e. The van der Waals surface area contributed by atoms with Gasteiger partial charge < -0.3 is 15.4 Å². The van der Waals surface area contributed by atoms with Crippen LogP contribution in [-0.2, 0) is 19.1 Å². The van der Waals surface area contributed by atoms with Gasteiger partial charge in [0, 0.05) is 13.1 Å². The summed E-state index contributed by atoms with van der Waals surface area (Å²) in [7, 11) is 0. The lowest BCUT2D eigenvalue weighted by atomic mass is 10.2. The SMILES string of the molecule is CC(=O)N/C(=C/c1ccccc1)C(=O)OCC(=O)Nc1cccnc1Cl. The number of amides is 2. The summed E-state index contributed by atoms with van der Waals surface area (Å²) < 4.78 is 4.95. The van der Waals surface area contributed by atoms with Gasteiger partial charge in [0.2, 0.25) is 5.91 Å². The van der Waals surface area contributed by atoms with Crippen LogP contribution >= 0.6 is 11.6 Å². The Kier molecular flexibility index (Phi) is 6.87. The molecule has 2 amide bonds. The number of ether oxygens (including phenoxy) is 1. The van der Waals surface area contributed by atoms with Crippen molar-refractivity contribution >= 4 is 41.1 Å². The highest BCUT2D eigenvalue weighted by Gasteiger charge is 2.15. The fourth-order valence-electron chi connectivity index (χ4n) is 1.93. The van der Waals surface area contributed by atoms with Gasteiger partial charge in [-0.3, -0.25) is 9.59 Å². The Morgan fingerprint density at radius 3 is 2.54 bits per heavy atom. The molecule has 2 rings (SSSR count). The first-order valence-electron chi connectivity index (χ1n) is 7.57. The van der Waals surface area contributed by atoms with Crippen molar-refractivity contribution in [1.29, 1.82) is 0 Å². The number of benzene rings is 1. The number of halogens is 1. The van der Waals surface area contributed by atoms with Crippen LogP contribution in [0.4, 0.5) is 5.69 Å². The van der Waals surface area contributed by atoms with Gasteiger partial charge in [0.15, 0.2) is 11.8 Å². The summed E-state index contributed by atoms with van der Waals surface area (Å²) in [5, 5.41) is 4.99. The Bertz CT molecular complexity index is 837. The summed E-state index contributed by atoms with van der Waals surface area (Å²) >= 11 is 5.84. The van der Waals surface area contributed by atoms with Crippen molar-refractivity contribution in [3.8, 4) is 0 Å². The first kappa shape index (κ1) is 19.1. The molecule has 0 fully saturated rings. The van der Waals surface area contributed by atoms with Crippen LogP contribution in [-0.4, -0.2) is 29.4 Å². The van der Waals surface area contributed by atoms with Gasteiger partial charge in [-0.05, 0) is 23.8 Å². The molecule has 0 bridgehead atoms. The minimum Gasteiger partial charge on any atom is -0.451 e. The molecule has 2 aromatic rings. The molecule has 0 spiro atoms. The van der Waals surface area contributed by atoms with Crippen molar-refractivity contribution in [2.45, 2.75) is 6.92 Å². The zero-order valence-corrected chi connectivity index (χ0v) is 14.6. The number of aromatic nitrogens is 1. The molecule has 26 heavy (non-hydrogen) atoms. The molecular weight excluding hydrogens is 358 g/mol. The second-order valence-electron chi connectivity index (χ2n) is 5.12. The van der Waals surface area contributed by atoms with E-state index in [4.69, 9.17) is 16.3 Å². The van der Waals surface area contributed by atoms with E-state index >= 15 is 0 Å². The van der Waals surface area contributed by atoms with Crippen LogP contribution in [0, 0.1) is 0 Å². The molecule has 1 aromatic carbocycles. The lowest BCUT2D eigenvalue weighted by Gasteiger charge is -2.10. The highest BCUT2D eigenvalue weighted by molar-refractivity contribution is 6.32. The maximum Gasteiger partial charge on any atom is 0.355 e. The Morgan fingerprint density at radius 2 is 1.88 bits per heavy atom. The van der Waals surface area contributed by atoms with Gasteiger partial charge in [0.25, 0.3) is 5.91 Å². The van der Waals surface area contributed by atoms with Gasteiger partial charge in [-0.15, -0.1) is 0 Å². The van der Waals surface area contributed by atoms with Gasteiger partial charge in [-0.25, -0.2) is 9.78 Å². The van der Waals surface area contributed by atoms with E-state index in [1.54, 1.807) is 36.4 Å². The number of rotatable bonds is 6. The molecule has 1 heterocycles. The lowest BCUT2D eigenvalue weighted by Crippen LogP contribution is -2.29. The number of carbonyl (C=O) groups excluding carboxylic acids is 3. The minimum absolute atomic E-state index is 0.0732. The molecule has 0 aliphatic carbocycles. The quantitative estimate of drug-likeness (QED) is 0.460. The van der Waals surface area contributed by atoms with E-state index in [1.807, 2.05) is 6.07 Å². The number of pyridine rings is 1. The normalized spacial score (nSPS) is 10.8. The zero-order chi connectivity index (χ0) is 18.9. The Morgan fingerprint density at radius 1 is 1.15 bits per heavy atom. The molecule has 0 radical (unpaired) electrons. The molecule has 0 atom stereocenters. The number of nitrogens with zero attached hydrogens (tertiary/aromatic N) is 1. The Balaban J connectivity index is 2.00. The van der Waals surface area contributed by atoms with Crippen molar-refractivity contribution in [3.05, 3.63) is 65.1 Å². The second kappa shape index (κ2) is 9.33. The molecule has 134 valence electrons. The molecule has 8 heteroatoms. The number of hydrogen-bond donors (Lipinski definition) is 2. The van der Waals surface area contributed by atoms with Crippen molar-refractivity contribution < 1.29 is 19.1 Å². The van der Waals surface area contributed by atoms with Crippen LogP contribution in [0.2, 0.25) is 5.15 Å². The molecule has 0 saturated carbocycles. The van der Waals surface area contributed by atoms with Gasteiger partial charge in [-0.1, -0.05) is 41.9 Å². The average Bonchev–Trinajstić information content (AvgIpc) is 2.61. The molecule has 0 aliphatic heterocycles. The maximum absolute atomic E-state index is 12.2. The van der Waals surface area contributed by atoms with E-state index in [-0.39, 0.29) is 10.9 Å². The van der Waals surface area contributed by atoms with E-state index in [9.17, 15) is 14.4 Å². The third-order valence-corrected chi connectivity index (χ3v) is 3.31. The van der Waals surface area contributed by atoms with Crippen molar-refractivity contribution in [2.75, 3.05) is 11.9 Å². The van der Waals surface area contributed by atoms with Crippen molar-refractivity contribution in [3.63, 3.8) is 0 Å². The van der Waals surface area contributed by atoms with E-state index in [2.05, 4.69) is 15.6 Å². The molecule has 2 N–H and O–H groups in total. The van der Waals surface area contributed by atoms with Crippen molar-refractivity contribution in [1.82, 2.24) is 10.3 Å². The summed E-state index contributed by atoms with van der Waals surface area (Å²) in [6.07, 6.45) is 2.94. The van der Waals surface area contributed by atoms with E-state index in [0.29, 0.717) is 11.3 Å².